The minimum absolute atomic E-state index is 0.0218. The lowest BCUT2D eigenvalue weighted by Crippen LogP contribution is -2.66. The monoisotopic (exact) mass is 1020 g/mol. The number of carbonyl (C=O) groups is 2. The Morgan fingerprint density at radius 2 is 0.875 bits per heavy atom. The number of ether oxygens (including phenoxy) is 10. The average molecular weight is 1020 g/mol. The van der Waals surface area contributed by atoms with E-state index in [1.807, 2.05) is 165 Å². The lowest BCUT2D eigenvalue weighted by molar-refractivity contribution is -0.351. The first-order valence-electron chi connectivity index (χ1n) is 24.2. The molecule has 6 aromatic carbocycles. The highest BCUT2D eigenvalue weighted by Gasteiger charge is 2.56. The molecule has 10 atom stereocenters. The van der Waals surface area contributed by atoms with Crippen LogP contribution in [0.1, 0.15) is 45.1 Å². The number of halogens is 1. The van der Waals surface area contributed by atoms with E-state index in [0.717, 1.165) is 27.8 Å². The molecular formula is C58H61ClO12S. The SMILES string of the molecule is CCS[C@H]1O[C@H](COCc2ccccc2)[C@@H](OCc2ccccc2)[C@H](O[C@H]2O[C@H](COCc3ccccc3)[C@@H](OCc3ccccc3)[C@H](OCc3ccccc3)[C@@H]2OC(=O)CCl)[C@@H]1OC(=O)c1ccccc1. The van der Waals surface area contributed by atoms with Crippen LogP contribution < -0.4 is 0 Å². The van der Waals surface area contributed by atoms with E-state index in [1.54, 1.807) is 24.3 Å². The first kappa shape index (κ1) is 52.9. The minimum Gasteiger partial charge on any atom is -0.453 e. The maximum absolute atomic E-state index is 14.3. The Hall–Kier alpha value is -5.42. The van der Waals surface area contributed by atoms with Crippen molar-refractivity contribution in [3.05, 3.63) is 215 Å². The van der Waals surface area contributed by atoms with Gasteiger partial charge in [-0.15, -0.1) is 23.4 Å². The van der Waals surface area contributed by atoms with Gasteiger partial charge in [-0.25, -0.2) is 4.79 Å². The quantitative estimate of drug-likeness (QED) is 0.0399. The molecule has 0 aliphatic carbocycles. The fraction of sp³-hybridized carbons (Fsp3) is 0.345. The van der Waals surface area contributed by atoms with Gasteiger partial charge in [0.15, 0.2) is 18.5 Å². The van der Waals surface area contributed by atoms with Crippen LogP contribution in [0.2, 0.25) is 0 Å². The van der Waals surface area contributed by atoms with Crippen LogP contribution in [0.25, 0.3) is 0 Å². The van der Waals surface area contributed by atoms with Crippen LogP contribution in [0.4, 0.5) is 0 Å². The highest BCUT2D eigenvalue weighted by atomic mass is 35.5. The molecule has 0 aromatic heterocycles. The van der Waals surface area contributed by atoms with E-state index >= 15 is 0 Å². The largest absolute Gasteiger partial charge is 0.453 e. The molecule has 0 amide bonds. The fourth-order valence-corrected chi connectivity index (χ4v) is 9.58. The molecule has 2 aliphatic heterocycles. The van der Waals surface area contributed by atoms with E-state index < -0.39 is 78.4 Å². The van der Waals surface area contributed by atoms with E-state index in [-0.39, 0.29) is 39.6 Å². The van der Waals surface area contributed by atoms with Crippen molar-refractivity contribution >= 4 is 35.3 Å². The second-order valence-electron chi connectivity index (χ2n) is 17.3. The van der Waals surface area contributed by atoms with Gasteiger partial charge in [0.05, 0.1) is 51.8 Å². The van der Waals surface area contributed by atoms with Gasteiger partial charge in [0, 0.05) is 0 Å². The fourth-order valence-electron chi connectivity index (χ4n) is 8.57. The Kier molecular flexibility index (Phi) is 20.7. The molecule has 14 heteroatoms. The normalized spacial score (nSPS) is 24.0. The van der Waals surface area contributed by atoms with E-state index in [9.17, 15) is 9.59 Å². The van der Waals surface area contributed by atoms with Crippen LogP contribution in [-0.2, 0) is 85.2 Å². The van der Waals surface area contributed by atoms with Crippen molar-refractivity contribution in [1.29, 1.82) is 0 Å². The molecule has 0 spiro atoms. The number of alkyl halides is 1. The first-order valence-corrected chi connectivity index (χ1v) is 25.8. The van der Waals surface area contributed by atoms with Crippen LogP contribution in [0.3, 0.4) is 0 Å². The number of esters is 2. The van der Waals surface area contributed by atoms with Crippen LogP contribution >= 0.6 is 23.4 Å². The van der Waals surface area contributed by atoms with Crippen molar-refractivity contribution < 1.29 is 57.0 Å². The first-order chi connectivity index (χ1) is 35.4. The van der Waals surface area contributed by atoms with Crippen molar-refractivity contribution in [3.63, 3.8) is 0 Å². The van der Waals surface area contributed by atoms with E-state index in [1.165, 1.54) is 11.8 Å². The van der Waals surface area contributed by atoms with Crippen molar-refractivity contribution in [2.75, 3.05) is 24.8 Å². The van der Waals surface area contributed by atoms with E-state index in [0.29, 0.717) is 17.9 Å². The molecule has 2 aliphatic rings. The summed E-state index contributed by atoms with van der Waals surface area (Å²) < 4.78 is 67.5. The third kappa shape index (κ3) is 15.3. The maximum atomic E-state index is 14.3. The topological polar surface area (TPSA) is 126 Å². The minimum atomic E-state index is -1.40. The third-order valence-electron chi connectivity index (χ3n) is 12.1. The Labute approximate surface area is 431 Å². The summed E-state index contributed by atoms with van der Waals surface area (Å²) in [5.74, 6) is -1.21. The molecule has 0 N–H and O–H groups in total. The molecule has 0 bridgehead atoms. The number of hydrogen-bond acceptors (Lipinski definition) is 13. The lowest BCUT2D eigenvalue weighted by Gasteiger charge is -2.50. The van der Waals surface area contributed by atoms with Crippen molar-refractivity contribution in [1.82, 2.24) is 0 Å². The molecule has 0 radical (unpaired) electrons. The number of carbonyl (C=O) groups excluding carboxylic acids is 2. The second-order valence-corrected chi connectivity index (χ2v) is 18.9. The zero-order valence-electron chi connectivity index (χ0n) is 40.1. The third-order valence-corrected chi connectivity index (χ3v) is 13.3. The average Bonchev–Trinajstić information content (AvgIpc) is 3.43. The molecule has 8 rings (SSSR count). The smallest absolute Gasteiger partial charge is 0.338 e. The molecule has 2 heterocycles. The van der Waals surface area contributed by atoms with Crippen LogP contribution in [-0.4, -0.2) is 97.3 Å². The molecule has 12 nitrogen and oxygen atoms in total. The van der Waals surface area contributed by atoms with Crippen LogP contribution in [0.5, 0.6) is 0 Å². The van der Waals surface area contributed by atoms with Gasteiger partial charge in [-0.05, 0) is 45.7 Å². The predicted octanol–water partition coefficient (Wildman–Crippen LogP) is 10.1. The number of hydrogen-bond donors (Lipinski definition) is 0. The van der Waals surface area contributed by atoms with Crippen LogP contribution in [0, 0.1) is 0 Å². The summed E-state index contributed by atoms with van der Waals surface area (Å²) >= 11 is 7.68. The zero-order chi connectivity index (χ0) is 49.7. The Morgan fingerprint density at radius 1 is 0.472 bits per heavy atom. The van der Waals surface area contributed by atoms with Gasteiger partial charge in [-0.3, -0.25) is 4.79 Å². The zero-order valence-corrected chi connectivity index (χ0v) is 41.7. The van der Waals surface area contributed by atoms with Crippen molar-refractivity contribution in [2.24, 2.45) is 0 Å². The Balaban J connectivity index is 1.21. The number of rotatable bonds is 25. The van der Waals surface area contributed by atoms with Crippen LogP contribution in [0.15, 0.2) is 182 Å². The highest BCUT2D eigenvalue weighted by molar-refractivity contribution is 7.99. The van der Waals surface area contributed by atoms with Crippen molar-refractivity contribution in [2.45, 2.75) is 101 Å². The summed E-state index contributed by atoms with van der Waals surface area (Å²) in [5, 5.41) is 0. The molecular weight excluding hydrogens is 956 g/mol. The molecule has 0 unspecified atom stereocenters. The molecule has 72 heavy (non-hydrogen) atoms. The second kappa shape index (κ2) is 28.1. The summed E-state index contributed by atoms with van der Waals surface area (Å²) in [5.41, 5.74) is 4.14. The lowest BCUT2D eigenvalue weighted by atomic mass is 9.96. The maximum Gasteiger partial charge on any atom is 0.338 e. The highest BCUT2D eigenvalue weighted by Crippen LogP contribution is 2.39. The summed E-state index contributed by atoms with van der Waals surface area (Å²) in [6.07, 6.45) is -9.42. The summed E-state index contributed by atoms with van der Waals surface area (Å²) in [4.78, 5) is 27.9. The van der Waals surface area contributed by atoms with Gasteiger partial charge in [0.1, 0.15) is 47.9 Å². The Bertz CT molecular complexity index is 2480. The van der Waals surface area contributed by atoms with Gasteiger partial charge in [0.2, 0.25) is 0 Å². The van der Waals surface area contributed by atoms with Gasteiger partial charge in [-0.2, -0.15) is 0 Å². The Morgan fingerprint density at radius 3 is 1.32 bits per heavy atom. The van der Waals surface area contributed by atoms with Crippen molar-refractivity contribution in [3.8, 4) is 0 Å². The number of thioether (sulfide) groups is 1. The standard InChI is InChI=1S/C58H61ClO12S/c1-2-72-58-55(70-56(61)46-31-19-8-20-32-46)53(51(65-37-44-27-15-6-16-28-44)48(68-58)40-63-35-42-23-11-4-12-24-42)71-57-54(69-49(60)33-59)52(66-38-45-29-17-7-18-30-45)50(64-36-43-25-13-5-14-26-43)47(67-57)39-62-34-41-21-9-3-10-22-41/h3-32,47-48,50-55,57-58H,2,33-40H2,1H3/t47-,48-,50-,51-,52+,53+,54+,55+,57-,58-/m1/s1. The van der Waals surface area contributed by atoms with Gasteiger partial charge >= 0.3 is 11.9 Å². The van der Waals surface area contributed by atoms with E-state index in [2.05, 4.69) is 0 Å². The molecule has 2 saturated heterocycles. The summed E-state index contributed by atoms with van der Waals surface area (Å²) in [6, 6.07) is 57.5. The van der Waals surface area contributed by atoms with Gasteiger partial charge in [-0.1, -0.05) is 177 Å². The van der Waals surface area contributed by atoms with Gasteiger partial charge in [0.25, 0.3) is 0 Å². The number of benzene rings is 6. The summed E-state index contributed by atoms with van der Waals surface area (Å²) in [6.45, 7) is 3.09. The molecule has 378 valence electrons. The molecule has 2 fully saturated rings. The summed E-state index contributed by atoms with van der Waals surface area (Å²) in [7, 11) is 0. The molecule has 6 aromatic rings. The predicted molar refractivity (Wildman–Crippen MR) is 274 cm³/mol. The van der Waals surface area contributed by atoms with Gasteiger partial charge < -0.3 is 47.4 Å². The van der Waals surface area contributed by atoms with E-state index in [4.69, 9.17) is 59.0 Å². The molecule has 0 saturated carbocycles.